The Morgan fingerprint density at radius 2 is 2.19 bits per heavy atom. The number of carbonyl (C=O) groups is 1. The summed E-state index contributed by atoms with van der Waals surface area (Å²) in [6.45, 7) is 9.00. The van der Waals surface area contributed by atoms with E-state index in [-0.39, 0.29) is 11.7 Å². The Hall–Kier alpha value is -2.02. The summed E-state index contributed by atoms with van der Waals surface area (Å²) >= 11 is 1.73. The molecular weight excluding hydrogens is 362 g/mol. The number of rotatable bonds is 3. The maximum absolute atomic E-state index is 12.3. The van der Waals surface area contributed by atoms with Crippen molar-refractivity contribution >= 4 is 28.8 Å². The molecular formula is C20H27N3O3S. The predicted molar refractivity (Wildman–Crippen MR) is 109 cm³/mol. The highest BCUT2D eigenvalue weighted by Gasteiger charge is 2.27. The van der Waals surface area contributed by atoms with Gasteiger partial charge in [0.25, 0.3) is 5.56 Å². The van der Waals surface area contributed by atoms with Gasteiger partial charge in [-0.15, -0.1) is 11.8 Å². The van der Waals surface area contributed by atoms with Gasteiger partial charge in [0.05, 0.1) is 16.7 Å². The Kier molecular flexibility index (Phi) is 5.79. The van der Waals surface area contributed by atoms with E-state index < -0.39 is 5.60 Å². The minimum absolute atomic E-state index is 0.0988. The highest BCUT2D eigenvalue weighted by molar-refractivity contribution is 7.99. The highest BCUT2D eigenvalue weighted by Crippen LogP contribution is 2.26. The van der Waals surface area contributed by atoms with E-state index in [1.54, 1.807) is 22.7 Å². The Labute approximate surface area is 163 Å². The number of nitrogens with zero attached hydrogens (tertiary/aromatic N) is 2. The van der Waals surface area contributed by atoms with Crippen LogP contribution in [0.25, 0.3) is 10.9 Å². The molecule has 1 amide bonds. The van der Waals surface area contributed by atoms with Gasteiger partial charge in [-0.3, -0.25) is 4.79 Å². The molecule has 2 aromatic rings. The third kappa shape index (κ3) is 5.03. The zero-order valence-electron chi connectivity index (χ0n) is 16.4. The minimum Gasteiger partial charge on any atom is -0.444 e. The average Bonchev–Trinajstić information content (AvgIpc) is 2.60. The quantitative estimate of drug-likeness (QED) is 0.863. The molecule has 7 heteroatoms. The SMILES string of the molecule is Cc1cccc2c(=O)[nH]c(CSC3CCCN(C(=O)OC(C)(C)C)C3)nc12. The van der Waals surface area contributed by atoms with E-state index in [2.05, 4.69) is 9.97 Å². The van der Waals surface area contributed by atoms with Gasteiger partial charge in [-0.2, -0.15) is 0 Å². The van der Waals surface area contributed by atoms with Crippen LogP contribution in [0.2, 0.25) is 0 Å². The van der Waals surface area contributed by atoms with Crippen LogP contribution < -0.4 is 5.56 Å². The summed E-state index contributed by atoms with van der Waals surface area (Å²) in [6, 6.07) is 5.63. The van der Waals surface area contributed by atoms with Crippen molar-refractivity contribution < 1.29 is 9.53 Å². The number of hydrogen-bond acceptors (Lipinski definition) is 5. The number of fused-ring (bicyclic) bond motifs is 1. The van der Waals surface area contributed by atoms with E-state index in [1.807, 2.05) is 39.8 Å². The summed E-state index contributed by atoms with van der Waals surface area (Å²) in [5.74, 6) is 1.30. The number of aromatic nitrogens is 2. The minimum atomic E-state index is -0.483. The molecule has 2 heterocycles. The Bertz CT molecular complexity index is 888. The second-order valence-corrected chi connectivity index (χ2v) is 9.27. The van der Waals surface area contributed by atoms with Gasteiger partial charge in [-0.1, -0.05) is 12.1 Å². The zero-order chi connectivity index (χ0) is 19.6. The number of benzene rings is 1. The lowest BCUT2D eigenvalue weighted by Gasteiger charge is -2.33. The third-order valence-electron chi connectivity index (χ3n) is 4.47. The van der Waals surface area contributed by atoms with Crippen LogP contribution >= 0.6 is 11.8 Å². The molecule has 1 aliphatic rings. The van der Waals surface area contributed by atoms with Crippen LogP contribution in [-0.4, -0.2) is 44.9 Å². The van der Waals surface area contributed by atoms with Gasteiger partial charge in [0.2, 0.25) is 0 Å². The van der Waals surface area contributed by atoms with Crippen molar-refractivity contribution in [2.24, 2.45) is 0 Å². The molecule has 0 bridgehead atoms. The molecule has 1 aromatic carbocycles. The van der Waals surface area contributed by atoms with Gasteiger partial charge in [-0.05, 0) is 52.2 Å². The largest absolute Gasteiger partial charge is 0.444 e. The fourth-order valence-corrected chi connectivity index (χ4v) is 4.33. The molecule has 27 heavy (non-hydrogen) atoms. The number of aromatic amines is 1. The van der Waals surface area contributed by atoms with Crippen molar-refractivity contribution in [3.8, 4) is 0 Å². The maximum Gasteiger partial charge on any atom is 0.410 e. The Balaban J connectivity index is 1.65. The molecule has 1 aromatic heterocycles. The van der Waals surface area contributed by atoms with Crippen molar-refractivity contribution in [1.29, 1.82) is 0 Å². The number of para-hydroxylation sites is 1. The van der Waals surface area contributed by atoms with Crippen LogP contribution in [0.4, 0.5) is 4.79 Å². The van der Waals surface area contributed by atoms with E-state index >= 15 is 0 Å². The van der Waals surface area contributed by atoms with Crippen molar-refractivity contribution in [3.05, 3.63) is 39.9 Å². The lowest BCUT2D eigenvalue weighted by atomic mass is 10.1. The number of likely N-dealkylation sites (tertiary alicyclic amines) is 1. The fourth-order valence-electron chi connectivity index (χ4n) is 3.18. The number of amides is 1. The first-order valence-corrected chi connectivity index (χ1v) is 10.4. The van der Waals surface area contributed by atoms with E-state index in [0.717, 1.165) is 30.5 Å². The lowest BCUT2D eigenvalue weighted by molar-refractivity contribution is 0.0220. The zero-order valence-corrected chi connectivity index (χ0v) is 17.2. The predicted octanol–water partition coefficient (Wildman–Crippen LogP) is 3.86. The second kappa shape index (κ2) is 7.92. The average molecular weight is 390 g/mol. The molecule has 3 rings (SSSR count). The van der Waals surface area contributed by atoms with Gasteiger partial charge in [0, 0.05) is 18.3 Å². The first-order valence-electron chi connectivity index (χ1n) is 9.31. The van der Waals surface area contributed by atoms with E-state index in [4.69, 9.17) is 4.74 Å². The molecule has 1 N–H and O–H groups in total. The van der Waals surface area contributed by atoms with Crippen LogP contribution in [0.5, 0.6) is 0 Å². The normalized spacial score (nSPS) is 17.9. The molecule has 0 aliphatic carbocycles. The highest BCUT2D eigenvalue weighted by atomic mass is 32.2. The van der Waals surface area contributed by atoms with Crippen LogP contribution in [-0.2, 0) is 10.5 Å². The topological polar surface area (TPSA) is 75.3 Å². The number of piperidine rings is 1. The summed E-state index contributed by atoms with van der Waals surface area (Å²) in [6.07, 6.45) is 1.75. The summed E-state index contributed by atoms with van der Waals surface area (Å²) < 4.78 is 5.48. The number of ether oxygens (including phenoxy) is 1. The van der Waals surface area contributed by atoms with Crippen LogP contribution in [0, 0.1) is 6.92 Å². The van der Waals surface area contributed by atoms with Crippen LogP contribution in [0.1, 0.15) is 45.0 Å². The molecule has 1 atom stereocenters. The summed E-state index contributed by atoms with van der Waals surface area (Å²) in [4.78, 5) is 33.9. The van der Waals surface area contributed by atoms with Gasteiger partial charge >= 0.3 is 6.09 Å². The number of hydrogen-bond donors (Lipinski definition) is 1. The fraction of sp³-hybridized carbons (Fsp3) is 0.550. The van der Waals surface area contributed by atoms with Crippen LogP contribution in [0.15, 0.2) is 23.0 Å². The molecule has 0 saturated carbocycles. The van der Waals surface area contributed by atoms with E-state index in [9.17, 15) is 9.59 Å². The number of thioether (sulfide) groups is 1. The third-order valence-corrected chi connectivity index (χ3v) is 5.77. The van der Waals surface area contributed by atoms with Crippen molar-refractivity contribution in [1.82, 2.24) is 14.9 Å². The van der Waals surface area contributed by atoms with Crippen molar-refractivity contribution in [3.63, 3.8) is 0 Å². The monoisotopic (exact) mass is 389 g/mol. The Morgan fingerprint density at radius 3 is 2.93 bits per heavy atom. The van der Waals surface area contributed by atoms with Gasteiger partial charge in [0.15, 0.2) is 0 Å². The maximum atomic E-state index is 12.3. The molecule has 0 spiro atoms. The molecule has 1 saturated heterocycles. The number of carbonyl (C=O) groups excluding carboxylic acids is 1. The van der Waals surface area contributed by atoms with Gasteiger partial charge in [-0.25, -0.2) is 9.78 Å². The second-order valence-electron chi connectivity index (χ2n) is 7.99. The number of H-pyrrole nitrogens is 1. The Morgan fingerprint density at radius 1 is 1.41 bits per heavy atom. The van der Waals surface area contributed by atoms with Crippen molar-refractivity contribution in [2.75, 3.05) is 13.1 Å². The van der Waals surface area contributed by atoms with Gasteiger partial charge in [0.1, 0.15) is 11.4 Å². The molecule has 1 fully saturated rings. The number of aryl methyl sites for hydroxylation is 1. The van der Waals surface area contributed by atoms with E-state index in [0.29, 0.717) is 28.8 Å². The molecule has 1 aliphatic heterocycles. The van der Waals surface area contributed by atoms with E-state index in [1.165, 1.54) is 0 Å². The van der Waals surface area contributed by atoms with Crippen molar-refractivity contribution in [2.45, 2.75) is 57.1 Å². The van der Waals surface area contributed by atoms with Crippen LogP contribution in [0.3, 0.4) is 0 Å². The standard InChI is InChI=1S/C20H27N3O3S/c1-13-7-5-9-15-17(13)21-16(22-18(15)24)12-27-14-8-6-10-23(11-14)19(25)26-20(2,3)4/h5,7,9,14H,6,8,10-12H2,1-4H3,(H,21,22,24). The summed E-state index contributed by atoms with van der Waals surface area (Å²) in [5, 5.41) is 0.932. The lowest BCUT2D eigenvalue weighted by Crippen LogP contribution is -2.43. The molecule has 146 valence electrons. The first kappa shape index (κ1) is 19.7. The summed E-state index contributed by atoms with van der Waals surface area (Å²) in [7, 11) is 0. The first-order chi connectivity index (χ1) is 12.7. The molecule has 6 nitrogen and oxygen atoms in total. The smallest absolute Gasteiger partial charge is 0.410 e. The molecule has 0 radical (unpaired) electrons. The number of nitrogens with one attached hydrogen (secondary N) is 1. The summed E-state index contributed by atoms with van der Waals surface area (Å²) in [5.41, 5.74) is 1.18. The molecule has 1 unspecified atom stereocenters. The van der Waals surface area contributed by atoms with Gasteiger partial charge < -0.3 is 14.6 Å².